The number of ether oxygens (including phenoxy) is 1. The van der Waals surface area contributed by atoms with Gasteiger partial charge in [-0.2, -0.15) is 18.2 Å². The maximum absolute atomic E-state index is 13.8. The van der Waals surface area contributed by atoms with Gasteiger partial charge in [-0.1, -0.05) is 0 Å². The van der Waals surface area contributed by atoms with Gasteiger partial charge in [-0.25, -0.2) is 13.8 Å². The van der Waals surface area contributed by atoms with Gasteiger partial charge in [-0.15, -0.1) is 0 Å². The molecule has 0 bridgehead atoms. The Balaban J connectivity index is 1.99. The first-order valence-corrected chi connectivity index (χ1v) is 8.54. The highest BCUT2D eigenvalue weighted by molar-refractivity contribution is 5.59. The molecule has 0 radical (unpaired) electrons. The van der Waals surface area contributed by atoms with Crippen LogP contribution in [-0.2, 0) is 6.54 Å². The molecule has 0 unspecified atom stereocenters. The predicted molar refractivity (Wildman–Crippen MR) is 97.5 cm³/mol. The Morgan fingerprint density at radius 1 is 1.07 bits per heavy atom. The van der Waals surface area contributed by atoms with Crippen LogP contribution in [0.5, 0.6) is 5.88 Å². The van der Waals surface area contributed by atoms with Crippen LogP contribution in [0.25, 0.3) is 0 Å². The molecule has 1 aromatic carbocycles. The summed E-state index contributed by atoms with van der Waals surface area (Å²) < 4.78 is 71.1. The number of nitrogens with one attached hydrogen (secondary N) is 1. The van der Waals surface area contributed by atoms with E-state index in [1.165, 1.54) is 19.9 Å². The quantitative estimate of drug-likeness (QED) is 0.602. The number of aryl methyl sites for hydroxylation is 2. The second-order valence-electron chi connectivity index (χ2n) is 6.37. The van der Waals surface area contributed by atoms with Crippen molar-refractivity contribution in [2.45, 2.75) is 27.0 Å². The van der Waals surface area contributed by atoms with Gasteiger partial charge in [-0.05, 0) is 37.6 Å². The minimum Gasteiger partial charge on any atom is -0.417 e. The number of hydrogen-bond acceptors (Lipinski definition) is 5. The molecule has 0 spiro atoms. The van der Waals surface area contributed by atoms with Gasteiger partial charge in [0.2, 0.25) is 17.6 Å². The van der Waals surface area contributed by atoms with Crippen molar-refractivity contribution < 1.29 is 26.7 Å². The summed E-state index contributed by atoms with van der Waals surface area (Å²) >= 11 is 0. The summed E-state index contributed by atoms with van der Waals surface area (Å²) in [5.41, 5.74) is -0.206. The zero-order valence-electron chi connectivity index (χ0n) is 15.7. The number of anilines is 2. The van der Waals surface area contributed by atoms with E-state index in [9.17, 15) is 26.7 Å². The highest BCUT2D eigenvalue weighted by Crippen LogP contribution is 2.26. The van der Waals surface area contributed by atoms with Crippen molar-refractivity contribution in [2.75, 3.05) is 5.32 Å². The number of alkyl halides is 2. The Kier molecular flexibility index (Phi) is 5.99. The number of benzene rings is 1. The van der Waals surface area contributed by atoms with E-state index >= 15 is 0 Å². The maximum atomic E-state index is 13.8. The fourth-order valence-electron chi connectivity index (χ4n) is 2.72. The van der Waals surface area contributed by atoms with Crippen LogP contribution in [0.4, 0.5) is 33.6 Å². The maximum Gasteiger partial charge on any atom is 0.388 e. The summed E-state index contributed by atoms with van der Waals surface area (Å²) in [6.45, 7) is -0.284. The molecule has 0 aliphatic carbocycles. The third-order valence-corrected chi connectivity index (χ3v) is 4.03. The second kappa shape index (κ2) is 8.47. The summed E-state index contributed by atoms with van der Waals surface area (Å²) in [6.07, 6.45) is 0.838. The zero-order chi connectivity index (χ0) is 22.0. The van der Waals surface area contributed by atoms with Crippen molar-refractivity contribution in [3.8, 4) is 5.88 Å². The minimum absolute atomic E-state index is 0.141. The molecule has 2 heterocycles. The predicted octanol–water partition coefficient (Wildman–Crippen LogP) is 4.07. The average molecular weight is 426 g/mol. The number of nitrogens with zero attached hydrogens (tertiary/aromatic N) is 3. The molecule has 30 heavy (non-hydrogen) atoms. The number of aromatic nitrogens is 3. The van der Waals surface area contributed by atoms with E-state index in [4.69, 9.17) is 0 Å². The third kappa shape index (κ3) is 4.91. The van der Waals surface area contributed by atoms with Gasteiger partial charge in [0.1, 0.15) is 11.6 Å². The molecule has 158 valence electrons. The zero-order valence-corrected chi connectivity index (χ0v) is 15.7. The van der Waals surface area contributed by atoms with Crippen molar-refractivity contribution in [1.29, 1.82) is 0 Å². The van der Waals surface area contributed by atoms with Gasteiger partial charge in [-0.3, -0.25) is 4.79 Å². The van der Waals surface area contributed by atoms with Crippen LogP contribution in [0.15, 0.2) is 35.3 Å². The van der Waals surface area contributed by atoms with Crippen molar-refractivity contribution in [1.82, 2.24) is 14.5 Å². The van der Waals surface area contributed by atoms with Gasteiger partial charge >= 0.3 is 12.2 Å². The first-order chi connectivity index (χ1) is 14.1. The number of hydrogen-bond donors (Lipinski definition) is 1. The standard InChI is InChI=1S/C19H15F5N4O2/c1-9-3-15(10(2)25-17(9)30-18(23)24)26-19-27-16(29)14(22)8-28(19)7-11-4-12(20)6-13(21)5-11/h3-6,8,18H,7H2,1-2H3,(H,26,27,29). The summed E-state index contributed by atoms with van der Waals surface area (Å²) in [5, 5.41) is 2.77. The second-order valence-corrected chi connectivity index (χ2v) is 6.37. The molecule has 0 atom stereocenters. The Morgan fingerprint density at radius 3 is 2.37 bits per heavy atom. The van der Waals surface area contributed by atoms with E-state index in [2.05, 4.69) is 20.0 Å². The third-order valence-electron chi connectivity index (χ3n) is 4.03. The van der Waals surface area contributed by atoms with Crippen molar-refractivity contribution in [3.63, 3.8) is 0 Å². The van der Waals surface area contributed by atoms with Crippen molar-refractivity contribution >= 4 is 11.6 Å². The monoisotopic (exact) mass is 426 g/mol. The lowest BCUT2D eigenvalue weighted by Crippen LogP contribution is -2.20. The normalized spacial score (nSPS) is 11.1. The van der Waals surface area contributed by atoms with Crippen LogP contribution in [-0.4, -0.2) is 21.1 Å². The van der Waals surface area contributed by atoms with E-state index in [0.717, 1.165) is 22.9 Å². The van der Waals surface area contributed by atoms with Crippen LogP contribution in [0.2, 0.25) is 0 Å². The fourth-order valence-corrected chi connectivity index (χ4v) is 2.72. The lowest BCUT2D eigenvalue weighted by molar-refractivity contribution is -0.0533. The number of pyridine rings is 1. The lowest BCUT2D eigenvalue weighted by atomic mass is 10.2. The van der Waals surface area contributed by atoms with E-state index in [0.29, 0.717) is 6.07 Å². The van der Waals surface area contributed by atoms with Gasteiger partial charge in [0.15, 0.2) is 0 Å². The molecule has 0 amide bonds. The van der Waals surface area contributed by atoms with Crippen LogP contribution in [0.3, 0.4) is 0 Å². The van der Waals surface area contributed by atoms with E-state index in [1.807, 2.05) is 0 Å². The number of halogens is 5. The fraction of sp³-hybridized carbons (Fsp3) is 0.211. The molecule has 6 nitrogen and oxygen atoms in total. The van der Waals surface area contributed by atoms with E-state index < -0.39 is 29.6 Å². The van der Waals surface area contributed by atoms with Gasteiger partial charge in [0.25, 0.3) is 0 Å². The Morgan fingerprint density at radius 2 is 1.73 bits per heavy atom. The molecule has 0 saturated heterocycles. The molecule has 3 aromatic rings. The molecule has 0 aliphatic rings. The average Bonchev–Trinajstić information content (AvgIpc) is 2.62. The Hall–Kier alpha value is -3.50. The summed E-state index contributed by atoms with van der Waals surface area (Å²) in [4.78, 5) is 19.2. The van der Waals surface area contributed by atoms with Gasteiger partial charge in [0, 0.05) is 17.8 Å². The summed E-state index contributed by atoms with van der Waals surface area (Å²) in [5.74, 6) is -3.21. The topological polar surface area (TPSA) is 69.0 Å². The minimum atomic E-state index is -3.05. The van der Waals surface area contributed by atoms with Gasteiger partial charge < -0.3 is 14.6 Å². The highest BCUT2D eigenvalue weighted by Gasteiger charge is 2.15. The molecule has 1 N–H and O–H groups in total. The smallest absolute Gasteiger partial charge is 0.388 e. The van der Waals surface area contributed by atoms with Gasteiger partial charge in [0.05, 0.1) is 17.9 Å². The van der Waals surface area contributed by atoms with Crippen LogP contribution in [0, 0.1) is 31.3 Å². The van der Waals surface area contributed by atoms with E-state index in [-0.39, 0.29) is 40.9 Å². The molecule has 0 aliphatic heterocycles. The van der Waals surface area contributed by atoms with Crippen LogP contribution in [0.1, 0.15) is 16.8 Å². The van der Waals surface area contributed by atoms with Crippen LogP contribution < -0.4 is 15.6 Å². The highest BCUT2D eigenvalue weighted by atomic mass is 19.3. The molecule has 0 fully saturated rings. The Bertz CT molecular complexity index is 1130. The van der Waals surface area contributed by atoms with Crippen molar-refractivity contribution in [3.05, 3.63) is 75.1 Å². The molecular weight excluding hydrogens is 411 g/mol. The molecule has 2 aromatic heterocycles. The SMILES string of the molecule is Cc1cc(Nc2nc(=O)c(F)cn2Cc2cc(F)cc(F)c2)c(C)nc1OC(F)F. The number of rotatable bonds is 6. The molecule has 11 heteroatoms. The first-order valence-electron chi connectivity index (χ1n) is 8.54. The molecule has 3 rings (SSSR count). The molecule has 0 saturated carbocycles. The van der Waals surface area contributed by atoms with Crippen molar-refractivity contribution in [2.24, 2.45) is 0 Å². The summed E-state index contributed by atoms with van der Waals surface area (Å²) in [7, 11) is 0. The van der Waals surface area contributed by atoms with Crippen LogP contribution >= 0.6 is 0 Å². The first kappa shape index (κ1) is 21.2. The summed E-state index contributed by atoms with van der Waals surface area (Å²) in [6, 6.07) is 4.22. The molecular formula is C19H15F5N4O2. The van der Waals surface area contributed by atoms with E-state index in [1.54, 1.807) is 0 Å². The Labute approximate surface area is 167 Å². The lowest BCUT2D eigenvalue weighted by Gasteiger charge is -2.16. The largest absolute Gasteiger partial charge is 0.417 e.